The topological polar surface area (TPSA) is 45.2 Å². The Morgan fingerprint density at radius 3 is 2.53 bits per heavy atom. The lowest BCUT2D eigenvalue weighted by Crippen LogP contribution is -2.57. The van der Waals surface area contributed by atoms with E-state index in [4.69, 9.17) is 23.2 Å². The van der Waals surface area contributed by atoms with Gasteiger partial charge in [0.15, 0.2) is 11.0 Å². The van der Waals surface area contributed by atoms with Gasteiger partial charge in [0.25, 0.3) is 0 Å². The number of rotatable bonds is 2. The molecular formula is C8H11Cl2N5. The van der Waals surface area contributed by atoms with Crippen molar-refractivity contribution in [1.82, 2.24) is 20.1 Å². The zero-order valence-corrected chi connectivity index (χ0v) is 10.00. The quantitative estimate of drug-likeness (QED) is 0.779. The molecule has 5 nitrogen and oxygen atoms in total. The van der Waals surface area contributed by atoms with Crippen molar-refractivity contribution in [2.45, 2.75) is 6.04 Å². The fraction of sp³-hybridized carbons (Fsp3) is 0.625. The maximum atomic E-state index is 5.88. The Morgan fingerprint density at radius 2 is 1.93 bits per heavy atom. The first-order valence-corrected chi connectivity index (χ1v) is 5.30. The van der Waals surface area contributed by atoms with Crippen LogP contribution < -0.4 is 4.90 Å². The average molecular weight is 248 g/mol. The van der Waals surface area contributed by atoms with Crippen molar-refractivity contribution in [3.63, 3.8) is 0 Å². The van der Waals surface area contributed by atoms with E-state index in [1.807, 2.05) is 4.90 Å². The van der Waals surface area contributed by atoms with Crippen molar-refractivity contribution in [2.75, 3.05) is 32.1 Å². The molecule has 0 aromatic carbocycles. The molecule has 0 amide bonds. The first kappa shape index (κ1) is 10.9. The predicted octanol–water partition coefficient (Wildman–Crippen LogP) is 0.929. The van der Waals surface area contributed by atoms with Crippen LogP contribution in [0.25, 0.3) is 0 Å². The molecule has 2 rings (SSSR count). The van der Waals surface area contributed by atoms with Gasteiger partial charge in [-0.15, -0.1) is 10.2 Å². The molecule has 1 aromatic rings. The zero-order chi connectivity index (χ0) is 11.0. The number of halogens is 2. The van der Waals surface area contributed by atoms with Crippen LogP contribution in [0.1, 0.15) is 0 Å². The molecule has 0 atom stereocenters. The van der Waals surface area contributed by atoms with Gasteiger partial charge in [0.05, 0.1) is 0 Å². The van der Waals surface area contributed by atoms with E-state index >= 15 is 0 Å². The average Bonchev–Trinajstić information content (AvgIpc) is 2.08. The minimum absolute atomic E-state index is 0.128. The fourth-order valence-electron chi connectivity index (χ4n) is 1.44. The summed E-state index contributed by atoms with van der Waals surface area (Å²) in [6.45, 7) is 1.78. The molecule has 1 saturated heterocycles. The summed E-state index contributed by atoms with van der Waals surface area (Å²) in [4.78, 5) is 8.26. The van der Waals surface area contributed by atoms with Gasteiger partial charge < -0.3 is 9.80 Å². The lowest BCUT2D eigenvalue weighted by molar-refractivity contribution is 0.246. The molecular weight excluding hydrogens is 237 g/mol. The van der Waals surface area contributed by atoms with E-state index in [-0.39, 0.29) is 5.28 Å². The van der Waals surface area contributed by atoms with E-state index in [2.05, 4.69) is 34.2 Å². The highest BCUT2D eigenvalue weighted by atomic mass is 35.5. The van der Waals surface area contributed by atoms with Crippen LogP contribution in [-0.4, -0.2) is 53.3 Å². The van der Waals surface area contributed by atoms with Crippen molar-refractivity contribution in [1.29, 1.82) is 0 Å². The van der Waals surface area contributed by atoms with Crippen molar-refractivity contribution >= 4 is 29.0 Å². The van der Waals surface area contributed by atoms with Crippen LogP contribution in [0.15, 0.2) is 0 Å². The van der Waals surface area contributed by atoms with Gasteiger partial charge >= 0.3 is 0 Å². The number of likely N-dealkylation sites (N-methyl/N-ethyl adjacent to an activating group) is 1. The zero-order valence-electron chi connectivity index (χ0n) is 8.48. The van der Waals surface area contributed by atoms with Crippen LogP contribution in [0.3, 0.4) is 0 Å². The third-order valence-corrected chi connectivity index (χ3v) is 2.90. The smallest absolute Gasteiger partial charge is 0.245 e. The fourth-order valence-corrected chi connectivity index (χ4v) is 1.76. The van der Waals surface area contributed by atoms with Crippen molar-refractivity contribution < 1.29 is 0 Å². The third kappa shape index (κ3) is 2.14. The van der Waals surface area contributed by atoms with E-state index in [1.54, 1.807) is 0 Å². The molecule has 1 aromatic heterocycles. The molecule has 0 spiro atoms. The van der Waals surface area contributed by atoms with E-state index < -0.39 is 0 Å². The molecule has 7 heteroatoms. The summed E-state index contributed by atoms with van der Waals surface area (Å²) in [6, 6.07) is 0.537. The summed E-state index contributed by atoms with van der Waals surface area (Å²) in [5.74, 6) is 0.620. The minimum atomic E-state index is 0.128. The molecule has 0 saturated carbocycles. The molecule has 0 N–H and O–H groups in total. The molecule has 1 aliphatic rings. The second-order valence-corrected chi connectivity index (χ2v) is 4.41. The molecule has 2 heterocycles. The first-order valence-electron chi connectivity index (χ1n) is 4.55. The summed E-state index contributed by atoms with van der Waals surface area (Å²) in [5.41, 5.74) is 0. The minimum Gasteiger partial charge on any atom is -0.351 e. The molecule has 82 valence electrons. The van der Waals surface area contributed by atoms with Gasteiger partial charge in [0.1, 0.15) is 0 Å². The SMILES string of the molecule is CN(C)C1CN(c2nc(Cl)nnc2Cl)C1. The number of hydrogen-bond acceptors (Lipinski definition) is 5. The van der Waals surface area contributed by atoms with Gasteiger partial charge in [0.2, 0.25) is 5.28 Å². The van der Waals surface area contributed by atoms with Gasteiger partial charge in [-0.1, -0.05) is 11.6 Å². The maximum absolute atomic E-state index is 5.88. The normalized spacial score (nSPS) is 17.0. The van der Waals surface area contributed by atoms with Crippen molar-refractivity contribution in [3.05, 3.63) is 10.4 Å². The van der Waals surface area contributed by atoms with Gasteiger partial charge in [-0.3, -0.25) is 0 Å². The summed E-state index contributed by atoms with van der Waals surface area (Å²) in [5, 5.41) is 7.72. The van der Waals surface area contributed by atoms with Crippen LogP contribution in [0.4, 0.5) is 5.82 Å². The second-order valence-electron chi connectivity index (χ2n) is 3.72. The molecule has 15 heavy (non-hydrogen) atoms. The van der Waals surface area contributed by atoms with E-state index in [1.165, 1.54) is 0 Å². The lowest BCUT2D eigenvalue weighted by Gasteiger charge is -2.43. The highest BCUT2D eigenvalue weighted by molar-refractivity contribution is 6.32. The Labute approximate surface area is 98.0 Å². The third-order valence-electron chi connectivity index (χ3n) is 2.50. The lowest BCUT2D eigenvalue weighted by atomic mass is 10.1. The highest BCUT2D eigenvalue weighted by Crippen LogP contribution is 2.26. The Hall–Kier alpha value is -0.650. The van der Waals surface area contributed by atoms with Crippen LogP contribution in [0.2, 0.25) is 10.4 Å². The van der Waals surface area contributed by atoms with Crippen LogP contribution in [0, 0.1) is 0 Å². The Morgan fingerprint density at radius 1 is 1.27 bits per heavy atom. The van der Waals surface area contributed by atoms with Crippen LogP contribution in [0.5, 0.6) is 0 Å². The Bertz CT molecular complexity index is 364. The van der Waals surface area contributed by atoms with Gasteiger partial charge in [-0.05, 0) is 25.7 Å². The summed E-state index contributed by atoms with van der Waals surface area (Å²) >= 11 is 11.5. The van der Waals surface area contributed by atoms with Crippen LogP contribution in [-0.2, 0) is 0 Å². The van der Waals surface area contributed by atoms with Crippen LogP contribution >= 0.6 is 23.2 Å². The Balaban J connectivity index is 2.09. The van der Waals surface area contributed by atoms with E-state index in [0.717, 1.165) is 13.1 Å². The summed E-state index contributed by atoms with van der Waals surface area (Å²) < 4.78 is 0. The van der Waals surface area contributed by atoms with Crippen molar-refractivity contribution in [3.8, 4) is 0 Å². The summed E-state index contributed by atoms with van der Waals surface area (Å²) in [6.07, 6.45) is 0. The van der Waals surface area contributed by atoms with E-state index in [9.17, 15) is 0 Å². The molecule has 0 unspecified atom stereocenters. The van der Waals surface area contributed by atoms with Gasteiger partial charge in [-0.25, -0.2) is 0 Å². The van der Waals surface area contributed by atoms with Gasteiger partial charge in [0, 0.05) is 19.1 Å². The van der Waals surface area contributed by atoms with Crippen molar-refractivity contribution in [2.24, 2.45) is 0 Å². The first-order chi connectivity index (χ1) is 7.08. The standard InChI is InChI=1S/C8H11Cl2N5/c1-14(2)5-3-15(4-5)7-6(9)12-13-8(10)11-7/h5H,3-4H2,1-2H3. The molecule has 1 aliphatic heterocycles. The molecule has 1 fully saturated rings. The number of nitrogens with zero attached hydrogens (tertiary/aromatic N) is 5. The maximum Gasteiger partial charge on any atom is 0.245 e. The molecule has 0 radical (unpaired) electrons. The largest absolute Gasteiger partial charge is 0.351 e. The van der Waals surface area contributed by atoms with Gasteiger partial charge in [-0.2, -0.15) is 4.98 Å². The highest BCUT2D eigenvalue weighted by Gasteiger charge is 2.31. The summed E-state index contributed by atoms with van der Waals surface area (Å²) in [7, 11) is 4.10. The Kier molecular flexibility index (Phi) is 2.95. The predicted molar refractivity (Wildman–Crippen MR) is 59.5 cm³/mol. The second kappa shape index (κ2) is 4.08. The number of hydrogen-bond donors (Lipinski definition) is 0. The van der Waals surface area contributed by atoms with E-state index in [0.29, 0.717) is 17.0 Å². The molecule has 0 aliphatic carbocycles. The monoisotopic (exact) mass is 247 g/mol. The number of aromatic nitrogens is 3. The number of anilines is 1. The molecule has 0 bridgehead atoms.